The number of pyridine rings is 2. The number of hydrogen-bond donors (Lipinski definition) is 1. The predicted octanol–water partition coefficient (Wildman–Crippen LogP) is 2.91. The summed E-state index contributed by atoms with van der Waals surface area (Å²) < 4.78 is 35.2. The molecule has 0 saturated carbocycles. The number of aliphatic hydroxyl groups is 1. The molecule has 3 aromatic heterocycles. The fourth-order valence-electron chi connectivity index (χ4n) is 4.34. The molecule has 0 aromatic carbocycles. The van der Waals surface area contributed by atoms with E-state index in [-0.39, 0.29) is 17.6 Å². The molecular formula is C25H30N6O4S. The van der Waals surface area contributed by atoms with Crippen molar-refractivity contribution in [1.82, 2.24) is 14.6 Å². The number of piperidine rings is 1. The van der Waals surface area contributed by atoms with Crippen molar-refractivity contribution in [2.75, 3.05) is 30.3 Å². The van der Waals surface area contributed by atoms with E-state index in [4.69, 9.17) is 4.74 Å². The molecule has 1 aliphatic rings. The van der Waals surface area contributed by atoms with Crippen LogP contribution in [0.3, 0.4) is 0 Å². The molecule has 0 spiro atoms. The second-order valence-corrected chi connectivity index (χ2v) is 11.0. The maximum atomic E-state index is 12.1. The van der Waals surface area contributed by atoms with E-state index in [1.807, 2.05) is 43.9 Å². The summed E-state index contributed by atoms with van der Waals surface area (Å²) in [6.07, 6.45) is 6.18. The molecule has 0 radical (unpaired) electrons. The first kappa shape index (κ1) is 25.6. The number of aromatic nitrogens is 3. The van der Waals surface area contributed by atoms with E-state index < -0.39 is 16.1 Å². The Kier molecular flexibility index (Phi) is 7.56. The lowest BCUT2D eigenvalue weighted by atomic mass is 9.95. The van der Waals surface area contributed by atoms with Crippen LogP contribution in [0.25, 0.3) is 16.6 Å². The molecule has 4 rings (SSSR count). The van der Waals surface area contributed by atoms with Crippen LogP contribution in [0, 0.1) is 23.2 Å². The maximum Gasteiger partial charge on any atom is 0.253 e. The Morgan fingerprint density at radius 3 is 2.81 bits per heavy atom. The van der Waals surface area contributed by atoms with Gasteiger partial charge in [-0.05, 0) is 37.5 Å². The minimum Gasteiger partial charge on any atom is -0.492 e. The van der Waals surface area contributed by atoms with E-state index in [2.05, 4.69) is 20.5 Å². The molecule has 11 heteroatoms. The molecule has 1 aliphatic heterocycles. The van der Waals surface area contributed by atoms with Crippen molar-refractivity contribution in [3.05, 3.63) is 42.4 Å². The van der Waals surface area contributed by atoms with Crippen LogP contribution in [-0.4, -0.2) is 65.9 Å². The fourth-order valence-corrected chi connectivity index (χ4v) is 5.61. The summed E-state index contributed by atoms with van der Waals surface area (Å²) in [6.45, 7) is 6.98. The summed E-state index contributed by atoms with van der Waals surface area (Å²) in [5.41, 5.74) is 2.73. The molecule has 10 nitrogen and oxygen atoms in total. The molecule has 1 unspecified atom stereocenters. The van der Waals surface area contributed by atoms with Gasteiger partial charge in [-0.25, -0.2) is 17.9 Å². The zero-order chi connectivity index (χ0) is 25.9. The minimum absolute atomic E-state index is 0.00818. The lowest BCUT2D eigenvalue weighted by Gasteiger charge is -2.35. The highest BCUT2D eigenvalue weighted by Gasteiger charge is 2.28. The number of ether oxygens (including phenoxy) is 1. The number of hydrogen-bond acceptors (Lipinski definition) is 8. The van der Waals surface area contributed by atoms with Crippen LogP contribution in [0.4, 0.5) is 5.82 Å². The molecule has 1 N–H and O–H groups in total. The van der Waals surface area contributed by atoms with Gasteiger partial charge in [-0.3, -0.25) is 0 Å². The van der Waals surface area contributed by atoms with Crippen molar-refractivity contribution in [2.24, 2.45) is 16.2 Å². The number of nitriles is 1. The highest BCUT2D eigenvalue weighted by atomic mass is 32.2. The predicted molar refractivity (Wildman–Crippen MR) is 138 cm³/mol. The molecule has 0 aliphatic carbocycles. The van der Waals surface area contributed by atoms with E-state index in [0.29, 0.717) is 48.8 Å². The lowest BCUT2D eigenvalue weighted by Crippen LogP contribution is -2.44. The van der Waals surface area contributed by atoms with Crippen molar-refractivity contribution in [1.29, 1.82) is 5.26 Å². The number of sulfonamides is 1. The molecule has 2 atom stereocenters. The Hall–Kier alpha value is -3.49. The third-order valence-electron chi connectivity index (χ3n) is 5.99. The van der Waals surface area contributed by atoms with Crippen LogP contribution in [0.2, 0.25) is 0 Å². The van der Waals surface area contributed by atoms with E-state index in [0.717, 1.165) is 11.1 Å². The molecule has 1 fully saturated rings. The van der Waals surface area contributed by atoms with Crippen LogP contribution >= 0.6 is 0 Å². The second-order valence-electron chi connectivity index (χ2n) is 9.25. The molecule has 4 heterocycles. The van der Waals surface area contributed by atoms with Crippen LogP contribution in [0.5, 0.6) is 5.75 Å². The van der Waals surface area contributed by atoms with Gasteiger partial charge in [0, 0.05) is 42.5 Å². The highest BCUT2D eigenvalue weighted by Crippen LogP contribution is 2.32. The number of fused-ring (bicyclic) bond motifs is 1. The highest BCUT2D eigenvalue weighted by molar-refractivity contribution is 7.90. The van der Waals surface area contributed by atoms with E-state index in [1.165, 1.54) is 12.4 Å². The normalized spacial score (nSPS) is 18.7. The van der Waals surface area contributed by atoms with Crippen molar-refractivity contribution >= 4 is 27.6 Å². The van der Waals surface area contributed by atoms with Gasteiger partial charge in [0.15, 0.2) is 0 Å². The molecule has 0 bridgehead atoms. The van der Waals surface area contributed by atoms with E-state index >= 15 is 0 Å². The largest absolute Gasteiger partial charge is 0.492 e. The summed E-state index contributed by atoms with van der Waals surface area (Å²) in [6, 6.07) is 7.85. The second kappa shape index (κ2) is 10.6. The third-order valence-corrected chi connectivity index (χ3v) is 7.52. The molecule has 0 amide bonds. The number of β-amino-alcohol motifs (C(OH)–C–C–N with tert-alkyl or cyclic N) is 1. The third kappa shape index (κ3) is 5.66. The van der Waals surface area contributed by atoms with Crippen molar-refractivity contribution < 1.29 is 18.3 Å². The average Bonchev–Trinajstić information content (AvgIpc) is 3.25. The summed E-state index contributed by atoms with van der Waals surface area (Å²) >= 11 is 0. The Morgan fingerprint density at radius 2 is 2.17 bits per heavy atom. The zero-order valence-electron chi connectivity index (χ0n) is 20.6. The van der Waals surface area contributed by atoms with E-state index in [9.17, 15) is 18.8 Å². The van der Waals surface area contributed by atoms with Gasteiger partial charge in [-0.15, -0.1) is 0 Å². The van der Waals surface area contributed by atoms with Gasteiger partial charge in [0.25, 0.3) is 10.0 Å². The molecule has 36 heavy (non-hydrogen) atoms. The molecule has 190 valence electrons. The van der Waals surface area contributed by atoms with Crippen LogP contribution < -0.4 is 9.64 Å². The van der Waals surface area contributed by atoms with Gasteiger partial charge >= 0.3 is 0 Å². The number of rotatable bonds is 8. The molecule has 1 saturated heterocycles. The number of aliphatic hydroxyl groups excluding tert-OH is 1. The van der Waals surface area contributed by atoms with Gasteiger partial charge in [0.2, 0.25) is 0 Å². The number of nitrogens with zero attached hydrogens (tertiary/aromatic N) is 6. The Morgan fingerprint density at radius 1 is 1.36 bits per heavy atom. The van der Waals surface area contributed by atoms with Crippen molar-refractivity contribution in [2.45, 2.75) is 33.3 Å². The maximum absolute atomic E-state index is 12.1. The van der Waals surface area contributed by atoms with Gasteiger partial charge in [0.1, 0.15) is 17.6 Å². The first-order valence-corrected chi connectivity index (χ1v) is 13.5. The van der Waals surface area contributed by atoms with Crippen LogP contribution in [0.15, 0.2) is 41.2 Å². The Bertz CT molecular complexity index is 1390. The number of anilines is 1. The summed E-state index contributed by atoms with van der Waals surface area (Å²) in [5.74, 6) is 0.990. The van der Waals surface area contributed by atoms with Crippen molar-refractivity contribution in [3.8, 4) is 22.9 Å². The van der Waals surface area contributed by atoms with Crippen LogP contribution in [-0.2, 0) is 10.0 Å². The Balaban J connectivity index is 1.52. The summed E-state index contributed by atoms with van der Waals surface area (Å²) in [5, 5.41) is 24.4. The lowest BCUT2D eigenvalue weighted by molar-refractivity contribution is 0.127. The molecular weight excluding hydrogens is 480 g/mol. The molecule has 3 aromatic rings. The Labute approximate surface area is 210 Å². The van der Waals surface area contributed by atoms with Gasteiger partial charge < -0.3 is 14.7 Å². The van der Waals surface area contributed by atoms with E-state index in [1.54, 1.807) is 16.9 Å². The van der Waals surface area contributed by atoms with Gasteiger partial charge in [-0.1, -0.05) is 13.8 Å². The smallest absolute Gasteiger partial charge is 0.253 e. The summed E-state index contributed by atoms with van der Waals surface area (Å²) in [4.78, 5) is 6.58. The first-order valence-electron chi connectivity index (χ1n) is 11.9. The fraction of sp³-hybridized carbons (Fsp3) is 0.440. The standard InChI is InChI=1S/C25H30N6O4S/c1-4-35-21-9-22(25-20(10-26)12-28-31(25)14-21)18-5-6-24(27-11-18)30-8-7-19(23(32)15-30)13-29-36(33,34)16-17(2)3/h5-6,9,11-14,17,19,23,32H,4,7-8,15-16H2,1-3H3/t19?,23-/m0/s1. The quantitative estimate of drug-likeness (QED) is 0.457. The minimum atomic E-state index is -3.53. The zero-order valence-corrected chi connectivity index (χ0v) is 21.4. The monoisotopic (exact) mass is 510 g/mol. The average molecular weight is 511 g/mol. The van der Waals surface area contributed by atoms with Gasteiger partial charge in [0.05, 0.1) is 41.9 Å². The van der Waals surface area contributed by atoms with Crippen molar-refractivity contribution in [3.63, 3.8) is 0 Å². The van der Waals surface area contributed by atoms with Gasteiger partial charge in [-0.2, -0.15) is 14.8 Å². The first-order chi connectivity index (χ1) is 17.2. The topological polar surface area (TPSA) is 133 Å². The SMILES string of the molecule is CCOc1cc(-c2ccc(N3CCC(C=NS(=O)(=O)CC(C)C)[C@@H](O)C3)nc2)c2c(C#N)cnn2c1. The van der Waals surface area contributed by atoms with Crippen LogP contribution in [0.1, 0.15) is 32.8 Å². The summed E-state index contributed by atoms with van der Waals surface area (Å²) in [7, 11) is -3.53.